The highest BCUT2D eigenvalue weighted by atomic mass is 16.6. The molecular weight excluding hydrogens is 266 g/mol. The summed E-state index contributed by atoms with van der Waals surface area (Å²) in [6, 6.07) is 5.33. The lowest BCUT2D eigenvalue weighted by Gasteiger charge is -2.37. The highest BCUT2D eigenvalue weighted by Gasteiger charge is 2.41. The lowest BCUT2D eigenvalue weighted by Crippen LogP contribution is -2.41. The maximum absolute atomic E-state index is 12.3. The van der Waals surface area contributed by atoms with Crippen molar-refractivity contribution in [2.45, 2.75) is 57.2 Å². The van der Waals surface area contributed by atoms with E-state index in [0.717, 1.165) is 31.2 Å². The summed E-state index contributed by atoms with van der Waals surface area (Å²) in [5.74, 6) is -0.276. The van der Waals surface area contributed by atoms with E-state index in [1.54, 1.807) is 12.1 Å². The Balaban J connectivity index is 1.65. The average molecular weight is 289 g/mol. The van der Waals surface area contributed by atoms with Crippen molar-refractivity contribution in [2.24, 2.45) is 0 Å². The summed E-state index contributed by atoms with van der Waals surface area (Å²) in [7, 11) is 0. The Kier molecular flexibility index (Phi) is 3.89. The molecule has 1 aromatic carbocycles. The molecular formula is C17H23NO3. The number of hydrogen-bond donors (Lipinski definition) is 1. The SMILES string of the molecule is Cc1ccc(C(=O)OC2CCOC3(CCCC3)C2)cc1N. The van der Waals surface area contributed by atoms with Crippen molar-refractivity contribution in [3.05, 3.63) is 29.3 Å². The molecule has 0 bridgehead atoms. The first-order chi connectivity index (χ1) is 10.1. The van der Waals surface area contributed by atoms with Crippen LogP contribution in [0, 0.1) is 6.92 Å². The number of esters is 1. The number of nitrogens with two attached hydrogens (primary N) is 1. The molecule has 0 amide bonds. The molecule has 4 nitrogen and oxygen atoms in total. The van der Waals surface area contributed by atoms with Crippen molar-refractivity contribution < 1.29 is 14.3 Å². The fourth-order valence-electron chi connectivity index (χ4n) is 3.44. The van der Waals surface area contributed by atoms with Crippen molar-refractivity contribution in [1.29, 1.82) is 0 Å². The Morgan fingerprint density at radius 3 is 2.86 bits per heavy atom. The van der Waals surface area contributed by atoms with E-state index in [-0.39, 0.29) is 17.7 Å². The molecule has 1 atom stereocenters. The highest BCUT2D eigenvalue weighted by Crippen LogP contribution is 2.40. The molecule has 2 fully saturated rings. The summed E-state index contributed by atoms with van der Waals surface area (Å²) in [4.78, 5) is 12.3. The van der Waals surface area contributed by atoms with Gasteiger partial charge in [0, 0.05) is 18.5 Å². The molecule has 114 valence electrons. The van der Waals surface area contributed by atoms with Crippen molar-refractivity contribution in [3.8, 4) is 0 Å². The average Bonchev–Trinajstić information content (AvgIpc) is 2.89. The molecule has 1 saturated carbocycles. The first-order valence-corrected chi connectivity index (χ1v) is 7.79. The van der Waals surface area contributed by atoms with Gasteiger partial charge in [-0.2, -0.15) is 0 Å². The highest BCUT2D eigenvalue weighted by molar-refractivity contribution is 5.90. The van der Waals surface area contributed by atoms with Gasteiger partial charge in [0.05, 0.1) is 17.8 Å². The van der Waals surface area contributed by atoms with Crippen LogP contribution in [0.2, 0.25) is 0 Å². The molecule has 1 aromatic rings. The van der Waals surface area contributed by atoms with Crippen LogP contribution in [0.1, 0.15) is 54.4 Å². The Bertz CT molecular complexity index is 535. The quantitative estimate of drug-likeness (QED) is 0.670. The Morgan fingerprint density at radius 1 is 1.38 bits per heavy atom. The van der Waals surface area contributed by atoms with Gasteiger partial charge in [0.1, 0.15) is 6.10 Å². The van der Waals surface area contributed by atoms with E-state index in [0.29, 0.717) is 17.9 Å². The zero-order chi connectivity index (χ0) is 14.9. The number of carbonyl (C=O) groups excluding carboxylic acids is 1. The molecule has 1 saturated heterocycles. The van der Waals surface area contributed by atoms with Gasteiger partial charge in [0.25, 0.3) is 0 Å². The third kappa shape index (κ3) is 3.05. The smallest absolute Gasteiger partial charge is 0.338 e. The topological polar surface area (TPSA) is 61.5 Å². The molecule has 2 N–H and O–H groups in total. The van der Waals surface area contributed by atoms with Crippen molar-refractivity contribution in [1.82, 2.24) is 0 Å². The van der Waals surface area contributed by atoms with Crippen LogP contribution in [0.25, 0.3) is 0 Å². The maximum Gasteiger partial charge on any atom is 0.338 e. The molecule has 2 aliphatic rings. The van der Waals surface area contributed by atoms with Gasteiger partial charge >= 0.3 is 5.97 Å². The van der Waals surface area contributed by atoms with Crippen LogP contribution in [-0.2, 0) is 9.47 Å². The second-order valence-electron chi connectivity index (χ2n) is 6.33. The minimum Gasteiger partial charge on any atom is -0.459 e. The van der Waals surface area contributed by atoms with Gasteiger partial charge < -0.3 is 15.2 Å². The Hall–Kier alpha value is -1.55. The van der Waals surface area contributed by atoms with Crippen LogP contribution in [0.3, 0.4) is 0 Å². The van der Waals surface area contributed by atoms with Crippen LogP contribution < -0.4 is 5.73 Å². The first-order valence-electron chi connectivity index (χ1n) is 7.79. The molecule has 1 aliphatic carbocycles. The molecule has 0 aromatic heterocycles. The third-order valence-corrected chi connectivity index (χ3v) is 4.75. The molecule has 3 rings (SSSR count). The van der Waals surface area contributed by atoms with Gasteiger partial charge in [-0.15, -0.1) is 0 Å². The van der Waals surface area contributed by atoms with E-state index in [1.165, 1.54) is 12.8 Å². The lowest BCUT2D eigenvalue weighted by molar-refractivity contribution is -0.117. The number of anilines is 1. The molecule has 1 unspecified atom stereocenters. The number of rotatable bonds is 2. The van der Waals surface area contributed by atoms with Gasteiger partial charge in [-0.05, 0) is 37.5 Å². The van der Waals surface area contributed by atoms with Crippen LogP contribution in [-0.4, -0.2) is 24.3 Å². The maximum atomic E-state index is 12.3. The van der Waals surface area contributed by atoms with E-state index in [4.69, 9.17) is 15.2 Å². The summed E-state index contributed by atoms with van der Waals surface area (Å²) in [5.41, 5.74) is 7.96. The predicted molar refractivity (Wildman–Crippen MR) is 81.2 cm³/mol. The predicted octanol–water partition coefficient (Wildman–Crippen LogP) is 3.23. The summed E-state index contributed by atoms with van der Waals surface area (Å²) in [6.45, 7) is 2.61. The summed E-state index contributed by atoms with van der Waals surface area (Å²) < 4.78 is 11.7. The van der Waals surface area contributed by atoms with Gasteiger partial charge in [0.2, 0.25) is 0 Å². The second-order valence-corrected chi connectivity index (χ2v) is 6.33. The zero-order valence-corrected chi connectivity index (χ0v) is 12.6. The van der Waals surface area contributed by atoms with Crippen LogP contribution in [0.15, 0.2) is 18.2 Å². The molecule has 1 aliphatic heterocycles. The molecule has 21 heavy (non-hydrogen) atoms. The van der Waals surface area contributed by atoms with E-state index >= 15 is 0 Å². The van der Waals surface area contributed by atoms with Crippen molar-refractivity contribution in [2.75, 3.05) is 12.3 Å². The summed E-state index contributed by atoms with van der Waals surface area (Å²) >= 11 is 0. The summed E-state index contributed by atoms with van der Waals surface area (Å²) in [6.07, 6.45) is 6.21. The third-order valence-electron chi connectivity index (χ3n) is 4.75. The monoisotopic (exact) mass is 289 g/mol. The van der Waals surface area contributed by atoms with Gasteiger partial charge in [-0.3, -0.25) is 0 Å². The van der Waals surface area contributed by atoms with E-state index in [9.17, 15) is 4.79 Å². The largest absolute Gasteiger partial charge is 0.459 e. The second kappa shape index (κ2) is 5.68. The molecule has 0 radical (unpaired) electrons. The van der Waals surface area contributed by atoms with E-state index in [2.05, 4.69) is 0 Å². The molecule has 1 heterocycles. The first kappa shape index (κ1) is 14.4. The van der Waals surface area contributed by atoms with Gasteiger partial charge in [0.15, 0.2) is 0 Å². The molecule has 4 heteroatoms. The fourth-order valence-corrected chi connectivity index (χ4v) is 3.44. The minimum absolute atomic E-state index is 0.0322. The van der Waals surface area contributed by atoms with Gasteiger partial charge in [-0.1, -0.05) is 18.9 Å². The van der Waals surface area contributed by atoms with Crippen LogP contribution in [0.5, 0.6) is 0 Å². The zero-order valence-electron chi connectivity index (χ0n) is 12.6. The van der Waals surface area contributed by atoms with Gasteiger partial charge in [-0.25, -0.2) is 4.79 Å². The number of carbonyl (C=O) groups is 1. The minimum atomic E-state index is -0.276. The normalized spacial score (nSPS) is 24.1. The number of aryl methyl sites for hydroxylation is 1. The molecule has 1 spiro atoms. The number of nitrogen functional groups attached to an aromatic ring is 1. The Labute approximate surface area is 125 Å². The summed E-state index contributed by atoms with van der Waals surface area (Å²) in [5, 5.41) is 0. The fraction of sp³-hybridized carbons (Fsp3) is 0.588. The number of ether oxygens (including phenoxy) is 2. The van der Waals surface area contributed by atoms with E-state index < -0.39 is 0 Å². The van der Waals surface area contributed by atoms with Crippen LogP contribution >= 0.6 is 0 Å². The lowest BCUT2D eigenvalue weighted by atomic mass is 9.90. The Morgan fingerprint density at radius 2 is 2.14 bits per heavy atom. The number of benzene rings is 1. The van der Waals surface area contributed by atoms with E-state index in [1.807, 2.05) is 13.0 Å². The van der Waals surface area contributed by atoms with Crippen molar-refractivity contribution >= 4 is 11.7 Å². The van der Waals surface area contributed by atoms with Crippen LogP contribution in [0.4, 0.5) is 5.69 Å². The standard InChI is InChI=1S/C17H23NO3/c1-12-4-5-13(10-15(12)18)16(19)21-14-6-9-20-17(11-14)7-2-3-8-17/h4-5,10,14H,2-3,6-9,11,18H2,1H3. The van der Waals surface area contributed by atoms with Crippen molar-refractivity contribution in [3.63, 3.8) is 0 Å². The number of hydrogen-bond acceptors (Lipinski definition) is 4.